The molecule has 0 aliphatic carbocycles. The molecule has 5 atom stereocenters. The Morgan fingerprint density at radius 3 is 0.678 bits per heavy atom. The standard InChI is InChI=1S/C68H132O17P2/c1-5-9-13-17-21-24-27-29-31-33-36-39-43-47-51-55-68(73)85-64(59-79-66(71)53-49-45-41-37-35-32-30-28-25-22-18-14-10-6-2)61-83-87(76,77)81-57-62(69)56-80-86(74,75)82-60-63(58-78-65(70)52-48-44-40-20-16-12-8-4)84-67(72)54-50-46-42-38-34-26-23-19-15-11-7-3/h62-64,69H,5-61H2,1-4H3,(H,74,75)(H,76,77)/t62-,63+,64+/m0/s1. The molecule has 0 aliphatic rings. The third kappa shape index (κ3) is 62.6. The molecule has 3 N–H and O–H groups in total. The lowest BCUT2D eigenvalue weighted by molar-refractivity contribution is -0.161. The highest BCUT2D eigenvalue weighted by molar-refractivity contribution is 7.47. The maximum Gasteiger partial charge on any atom is 0.472 e. The molecular formula is C68H132O17P2. The molecule has 17 nitrogen and oxygen atoms in total. The van der Waals surface area contributed by atoms with Crippen LogP contribution in [-0.4, -0.2) is 96.7 Å². The van der Waals surface area contributed by atoms with Crippen molar-refractivity contribution in [3.8, 4) is 0 Å². The van der Waals surface area contributed by atoms with Crippen molar-refractivity contribution in [2.75, 3.05) is 39.6 Å². The van der Waals surface area contributed by atoms with E-state index < -0.39 is 97.5 Å². The Bertz CT molecular complexity index is 1670. The number of ether oxygens (including phenoxy) is 4. The first-order chi connectivity index (χ1) is 42.2. The van der Waals surface area contributed by atoms with E-state index in [9.17, 15) is 43.2 Å². The Labute approximate surface area is 530 Å². The van der Waals surface area contributed by atoms with Crippen molar-refractivity contribution >= 4 is 39.5 Å². The second-order valence-electron chi connectivity index (χ2n) is 24.6. The summed E-state index contributed by atoms with van der Waals surface area (Å²) < 4.78 is 68.1. The van der Waals surface area contributed by atoms with Gasteiger partial charge in [0, 0.05) is 25.7 Å². The van der Waals surface area contributed by atoms with Gasteiger partial charge in [-0.25, -0.2) is 9.13 Å². The number of aliphatic hydroxyl groups is 1. The SMILES string of the molecule is CCCCCCCCCCCCCCCCCC(=O)O[C@H](COC(=O)CCCCCCCCCCCCCCCC)COP(=O)(O)OC[C@@H](O)COP(=O)(O)OC[C@@H](COC(=O)CCCCCCCCC)OC(=O)CCCCCCCCCCCCC. The summed E-state index contributed by atoms with van der Waals surface area (Å²) in [5.41, 5.74) is 0. The van der Waals surface area contributed by atoms with E-state index in [1.54, 1.807) is 0 Å². The van der Waals surface area contributed by atoms with Crippen LogP contribution in [0.4, 0.5) is 0 Å². The van der Waals surface area contributed by atoms with Crippen LogP contribution in [0.15, 0.2) is 0 Å². The molecule has 0 saturated heterocycles. The minimum Gasteiger partial charge on any atom is -0.462 e. The molecule has 2 unspecified atom stereocenters. The highest BCUT2D eigenvalue weighted by atomic mass is 31.2. The van der Waals surface area contributed by atoms with Gasteiger partial charge < -0.3 is 33.8 Å². The predicted octanol–water partition coefficient (Wildman–Crippen LogP) is 19.5. The molecular weight excluding hydrogens is 1150 g/mol. The lowest BCUT2D eigenvalue weighted by Gasteiger charge is -2.21. The highest BCUT2D eigenvalue weighted by Crippen LogP contribution is 2.45. The average molecular weight is 1280 g/mol. The summed E-state index contributed by atoms with van der Waals surface area (Å²) in [5, 5.41) is 10.6. The summed E-state index contributed by atoms with van der Waals surface area (Å²) in [6.07, 6.45) is 49.9. The molecule has 0 radical (unpaired) electrons. The lowest BCUT2D eigenvalue weighted by atomic mass is 10.0. The summed E-state index contributed by atoms with van der Waals surface area (Å²) >= 11 is 0. The molecule has 19 heteroatoms. The van der Waals surface area contributed by atoms with Crippen LogP contribution in [0.25, 0.3) is 0 Å². The second kappa shape index (κ2) is 62.8. The monoisotopic (exact) mass is 1280 g/mol. The van der Waals surface area contributed by atoms with Gasteiger partial charge in [0.05, 0.1) is 26.4 Å². The van der Waals surface area contributed by atoms with Crippen LogP contribution in [0, 0.1) is 0 Å². The van der Waals surface area contributed by atoms with Gasteiger partial charge >= 0.3 is 39.5 Å². The van der Waals surface area contributed by atoms with Gasteiger partial charge in [-0.2, -0.15) is 0 Å². The van der Waals surface area contributed by atoms with E-state index in [0.29, 0.717) is 25.7 Å². The maximum absolute atomic E-state index is 13.0. The molecule has 0 aromatic heterocycles. The Morgan fingerprint density at radius 2 is 0.460 bits per heavy atom. The van der Waals surface area contributed by atoms with Gasteiger partial charge in [0.2, 0.25) is 0 Å². The van der Waals surface area contributed by atoms with Crippen molar-refractivity contribution < 1.29 is 80.2 Å². The summed E-state index contributed by atoms with van der Waals surface area (Å²) in [6, 6.07) is 0. The summed E-state index contributed by atoms with van der Waals surface area (Å²) in [6.45, 7) is 4.89. The normalized spacial score (nSPS) is 14.1. The molecule has 0 bridgehead atoms. The number of unbranched alkanes of at least 4 members (excludes halogenated alkanes) is 43. The fourth-order valence-corrected chi connectivity index (χ4v) is 11.9. The van der Waals surface area contributed by atoms with Crippen LogP contribution in [0.5, 0.6) is 0 Å². The number of rotatable bonds is 69. The molecule has 0 amide bonds. The van der Waals surface area contributed by atoms with Gasteiger partial charge in [-0.3, -0.25) is 37.3 Å². The summed E-state index contributed by atoms with van der Waals surface area (Å²) in [7, 11) is -9.89. The van der Waals surface area contributed by atoms with Crippen LogP contribution in [0.3, 0.4) is 0 Å². The zero-order valence-electron chi connectivity index (χ0n) is 56.0. The smallest absolute Gasteiger partial charge is 0.462 e. The molecule has 0 aliphatic heterocycles. The first-order valence-electron chi connectivity index (χ1n) is 35.8. The quantitative estimate of drug-likeness (QED) is 0.0222. The summed E-state index contributed by atoms with van der Waals surface area (Å²) in [4.78, 5) is 72.3. The molecule has 0 heterocycles. The van der Waals surface area contributed by atoms with E-state index in [1.165, 1.54) is 173 Å². The zero-order chi connectivity index (χ0) is 64.0. The van der Waals surface area contributed by atoms with E-state index in [0.717, 1.165) is 103 Å². The third-order valence-corrected chi connectivity index (χ3v) is 17.8. The molecule has 0 aromatic carbocycles. The molecule has 516 valence electrons. The van der Waals surface area contributed by atoms with Crippen molar-refractivity contribution in [1.29, 1.82) is 0 Å². The van der Waals surface area contributed by atoms with Crippen molar-refractivity contribution in [3.05, 3.63) is 0 Å². The molecule has 0 fully saturated rings. The van der Waals surface area contributed by atoms with Gasteiger partial charge in [-0.1, -0.05) is 304 Å². The topological polar surface area (TPSA) is 237 Å². The van der Waals surface area contributed by atoms with Crippen molar-refractivity contribution in [2.45, 2.75) is 373 Å². The minimum atomic E-state index is -4.95. The Balaban J connectivity index is 5.20. The zero-order valence-corrected chi connectivity index (χ0v) is 57.8. The van der Waals surface area contributed by atoms with Crippen molar-refractivity contribution in [2.24, 2.45) is 0 Å². The number of hydrogen-bond acceptors (Lipinski definition) is 15. The fraction of sp³-hybridized carbons (Fsp3) is 0.941. The van der Waals surface area contributed by atoms with E-state index >= 15 is 0 Å². The van der Waals surface area contributed by atoms with E-state index in [2.05, 4.69) is 27.7 Å². The predicted molar refractivity (Wildman–Crippen MR) is 349 cm³/mol. The van der Waals surface area contributed by atoms with Crippen LogP contribution < -0.4 is 0 Å². The number of carbonyl (C=O) groups excluding carboxylic acids is 4. The second-order valence-corrected chi connectivity index (χ2v) is 27.5. The van der Waals surface area contributed by atoms with Gasteiger partial charge in [0.15, 0.2) is 12.2 Å². The van der Waals surface area contributed by atoms with Crippen LogP contribution in [0.1, 0.15) is 355 Å². The number of aliphatic hydroxyl groups excluding tert-OH is 1. The Morgan fingerprint density at radius 1 is 0.276 bits per heavy atom. The number of phosphoric ester groups is 2. The Hall–Kier alpha value is -1.94. The molecule has 0 rings (SSSR count). The van der Waals surface area contributed by atoms with E-state index in [1.807, 2.05) is 0 Å². The molecule has 0 aromatic rings. The minimum absolute atomic E-state index is 0.107. The molecule has 0 spiro atoms. The number of hydrogen-bond donors (Lipinski definition) is 3. The average Bonchev–Trinajstić information content (AvgIpc) is 3.65. The third-order valence-electron chi connectivity index (χ3n) is 15.9. The first kappa shape index (κ1) is 85.1. The van der Waals surface area contributed by atoms with Gasteiger partial charge in [0.1, 0.15) is 19.3 Å². The number of phosphoric acid groups is 2. The van der Waals surface area contributed by atoms with Crippen LogP contribution in [-0.2, 0) is 65.4 Å². The fourth-order valence-electron chi connectivity index (χ4n) is 10.3. The number of esters is 4. The summed E-state index contributed by atoms with van der Waals surface area (Å²) in [5.74, 6) is -2.13. The van der Waals surface area contributed by atoms with Crippen LogP contribution in [0.2, 0.25) is 0 Å². The van der Waals surface area contributed by atoms with Crippen LogP contribution >= 0.6 is 15.6 Å². The van der Waals surface area contributed by atoms with E-state index in [4.69, 9.17) is 37.0 Å². The highest BCUT2D eigenvalue weighted by Gasteiger charge is 2.30. The number of carbonyl (C=O) groups is 4. The first-order valence-corrected chi connectivity index (χ1v) is 38.8. The van der Waals surface area contributed by atoms with E-state index in [-0.39, 0.29) is 25.7 Å². The van der Waals surface area contributed by atoms with Crippen molar-refractivity contribution in [3.63, 3.8) is 0 Å². The van der Waals surface area contributed by atoms with Crippen molar-refractivity contribution in [1.82, 2.24) is 0 Å². The lowest BCUT2D eigenvalue weighted by Crippen LogP contribution is -2.30. The van der Waals surface area contributed by atoms with Gasteiger partial charge in [-0.15, -0.1) is 0 Å². The molecule has 87 heavy (non-hydrogen) atoms. The Kier molecular flexibility index (Phi) is 61.4. The molecule has 0 saturated carbocycles. The van der Waals surface area contributed by atoms with Gasteiger partial charge in [-0.05, 0) is 25.7 Å². The van der Waals surface area contributed by atoms with Gasteiger partial charge in [0.25, 0.3) is 0 Å². The largest absolute Gasteiger partial charge is 0.472 e. The maximum atomic E-state index is 13.0.